The zero-order valence-electron chi connectivity index (χ0n) is 12.0. The molecule has 0 aromatic rings. The van der Waals surface area contributed by atoms with Gasteiger partial charge in [-0.1, -0.05) is 20.3 Å². The third-order valence-corrected chi connectivity index (χ3v) is 4.63. The predicted octanol–water partition coefficient (Wildman–Crippen LogP) is 2.54. The molecular formula is C15H28N2O. The molecule has 0 aliphatic heterocycles. The average Bonchev–Trinajstić information content (AvgIpc) is 3.07. The number of amides is 1. The molecule has 0 unspecified atom stereocenters. The molecule has 0 radical (unpaired) electrons. The molecule has 2 aliphatic rings. The first kappa shape index (κ1) is 13.9. The summed E-state index contributed by atoms with van der Waals surface area (Å²) < 4.78 is 0. The maximum absolute atomic E-state index is 12.5. The normalized spacial score (nSPS) is 21.8. The molecule has 2 fully saturated rings. The lowest BCUT2D eigenvalue weighted by molar-refractivity contribution is -0.135. The van der Waals surface area contributed by atoms with Gasteiger partial charge in [-0.25, -0.2) is 0 Å². The Bertz CT molecular complexity index is 287. The zero-order valence-corrected chi connectivity index (χ0v) is 12.0. The molecule has 0 bridgehead atoms. The number of nitrogens with zero attached hydrogens (tertiary/aromatic N) is 1. The van der Waals surface area contributed by atoms with Crippen LogP contribution in [0.4, 0.5) is 0 Å². The van der Waals surface area contributed by atoms with Crippen molar-refractivity contribution in [1.29, 1.82) is 0 Å². The van der Waals surface area contributed by atoms with Gasteiger partial charge in [-0.3, -0.25) is 4.79 Å². The molecule has 0 aromatic heterocycles. The van der Waals surface area contributed by atoms with Gasteiger partial charge >= 0.3 is 0 Å². The molecule has 0 aromatic carbocycles. The summed E-state index contributed by atoms with van der Waals surface area (Å²) in [4.78, 5) is 14.6. The van der Waals surface area contributed by atoms with Crippen molar-refractivity contribution in [3.05, 3.63) is 0 Å². The molecule has 3 nitrogen and oxygen atoms in total. The summed E-state index contributed by atoms with van der Waals surface area (Å²) in [6, 6.07) is 0.547. The van der Waals surface area contributed by atoms with E-state index in [0.29, 0.717) is 30.8 Å². The van der Waals surface area contributed by atoms with Crippen LogP contribution in [0.3, 0.4) is 0 Å². The van der Waals surface area contributed by atoms with Crippen molar-refractivity contribution in [2.24, 2.45) is 17.1 Å². The van der Waals surface area contributed by atoms with Crippen LogP contribution >= 0.6 is 0 Å². The van der Waals surface area contributed by atoms with Crippen molar-refractivity contribution in [3.63, 3.8) is 0 Å². The number of rotatable bonds is 7. The third-order valence-electron chi connectivity index (χ3n) is 4.63. The summed E-state index contributed by atoms with van der Waals surface area (Å²) in [6.07, 6.45) is 7.78. The topological polar surface area (TPSA) is 46.3 Å². The Hall–Kier alpha value is -0.570. The minimum absolute atomic E-state index is 0.155. The summed E-state index contributed by atoms with van der Waals surface area (Å²) in [7, 11) is 0. The third kappa shape index (κ3) is 3.25. The van der Waals surface area contributed by atoms with Crippen LogP contribution in [-0.2, 0) is 4.79 Å². The van der Waals surface area contributed by atoms with Crippen LogP contribution in [0.5, 0.6) is 0 Å². The van der Waals surface area contributed by atoms with Crippen LogP contribution in [0, 0.1) is 11.3 Å². The fraction of sp³-hybridized carbons (Fsp3) is 0.933. The Morgan fingerprint density at radius 2 is 2.06 bits per heavy atom. The SMILES string of the molecule is CC(C)CCN(C(=O)CC1(CN)CCC1)C1CC1. The van der Waals surface area contributed by atoms with Crippen molar-refractivity contribution in [3.8, 4) is 0 Å². The summed E-state index contributed by atoms with van der Waals surface area (Å²) in [6.45, 7) is 6.08. The summed E-state index contributed by atoms with van der Waals surface area (Å²) in [5.74, 6) is 1.04. The lowest BCUT2D eigenvalue weighted by Gasteiger charge is -2.41. The van der Waals surface area contributed by atoms with Gasteiger partial charge in [0.1, 0.15) is 0 Å². The van der Waals surface area contributed by atoms with Crippen molar-refractivity contribution >= 4 is 5.91 Å². The van der Waals surface area contributed by atoms with Crippen LogP contribution in [0.15, 0.2) is 0 Å². The largest absolute Gasteiger partial charge is 0.340 e. The predicted molar refractivity (Wildman–Crippen MR) is 74.1 cm³/mol. The van der Waals surface area contributed by atoms with Crippen molar-refractivity contribution in [2.75, 3.05) is 13.1 Å². The van der Waals surface area contributed by atoms with Crippen LogP contribution in [0.1, 0.15) is 58.8 Å². The first-order valence-corrected chi connectivity index (χ1v) is 7.56. The van der Waals surface area contributed by atoms with E-state index < -0.39 is 0 Å². The second-order valence-corrected chi connectivity index (χ2v) is 6.74. The van der Waals surface area contributed by atoms with Gasteiger partial charge in [0.05, 0.1) is 0 Å². The van der Waals surface area contributed by atoms with Crippen LogP contribution in [-0.4, -0.2) is 29.9 Å². The number of hydrogen-bond donors (Lipinski definition) is 1. The monoisotopic (exact) mass is 252 g/mol. The maximum Gasteiger partial charge on any atom is 0.223 e. The Balaban J connectivity index is 1.87. The van der Waals surface area contributed by atoms with Gasteiger partial charge in [-0.15, -0.1) is 0 Å². The number of hydrogen-bond acceptors (Lipinski definition) is 2. The van der Waals surface area contributed by atoms with E-state index in [1.165, 1.54) is 19.3 Å². The molecule has 0 spiro atoms. The number of nitrogens with two attached hydrogens (primary N) is 1. The van der Waals surface area contributed by atoms with Gasteiger partial charge in [-0.2, -0.15) is 0 Å². The molecular weight excluding hydrogens is 224 g/mol. The van der Waals surface area contributed by atoms with Crippen LogP contribution in [0.25, 0.3) is 0 Å². The fourth-order valence-electron chi connectivity index (χ4n) is 2.85. The molecule has 104 valence electrons. The molecule has 2 saturated carbocycles. The quantitative estimate of drug-likeness (QED) is 0.757. The molecule has 2 aliphatic carbocycles. The minimum atomic E-state index is 0.155. The van der Waals surface area contributed by atoms with Gasteiger partial charge in [0.2, 0.25) is 5.91 Å². The van der Waals surface area contributed by atoms with Crippen molar-refractivity contribution in [1.82, 2.24) is 4.90 Å². The highest BCUT2D eigenvalue weighted by atomic mass is 16.2. The van der Waals surface area contributed by atoms with E-state index in [1.54, 1.807) is 0 Å². The lowest BCUT2D eigenvalue weighted by Crippen LogP contribution is -2.44. The summed E-state index contributed by atoms with van der Waals surface area (Å²) in [5, 5.41) is 0. The second-order valence-electron chi connectivity index (χ2n) is 6.74. The Kier molecular flexibility index (Phi) is 4.31. The number of carbonyl (C=O) groups excluding carboxylic acids is 1. The second kappa shape index (κ2) is 5.60. The minimum Gasteiger partial charge on any atom is -0.340 e. The van der Waals surface area contributed by atoms with Crippen LogP contribution < -0.4 is 5.73 Å². The van der Waals surface area contributed by atoms with Gasteiger partial charge < -0.3 is 10.6 Å². The Morgan fingerprint density at radius 3 is 2.44 bits per heavy atom. The molecule has 2 rings (SSSR count). The first-order valence-electron chi connectivity index (χ1n) is 7.56. The van der Waals surface area contributed by atoms with Crippen molar-refractivity contribution < 1.29 is 4.79 Å². The highest BCUT2D eigenvalue weighted by Gasteiger charge is 2.41. The van der Waals surface area contributed by atoms with Gasteiger partial charge in [0.25, 0.3) is 0 Å². The van der Waals surface area contributed by atoms with Crippen LogP contribution in [0.2, 0.25) is 0 Å². The fourth-order valence-corrected chi connectivity index (χ4v) is 2.85. The van der Waals surface area contributed by atoms with E-state index in [1.807, 2.05) is 0 Å². The molecule has 3 heteroatoms. The van der Waals surface area contributed by atoms with E-state index in [-0.39, 0.29) is 5.41 Å². The molecule has 0 atom stereocenters. The first-order chi connectivity index (χ1) is 8.56. The van der Waals surface area contributed by atoms with E-state index in [0.717, 1.165) is 25.8 Å². The van der Waals surface area contributed by atoms with E-state index in [2.05, 4.69) is 18.7 Å². The van der Waals surface area contributed by atoms with E-state index in [4.69, 9.17) is 5.73 Å². The lowest BCUT2D eigenvalue weighted by atomic mass is 9.66. The summed E-state index contributed by atoms with van der Waals surface area (Å²) >= 11 is 0. The standard InChI is InChI=1S/C15H28N2O/c1-12(2)6-9-17(13-4-5-13)14(18)10-15(11-16)7-3-8-15/h12-13H,3-11,16H2,1-2H3. The zero-order chi connectivity index (χ0) is 13.2. The molecule has 0 saturated heterocycles. The van der Waals surface area contributed by atoms with Gasteiger partial charge in [0.15, 0.2) is 0 Å². The average molecular weight is 252 g/mol. The molecule has 0 heterocycles. The molecule has 2 N–H and O–H groups in total. The highest BCUT2D eigenvalue weighted by Crippen LogP contribution is 2.44. The highest BCUT2D eigenvalue weighted by molar-refractivity contribution is 5.77. The Labute approximate surface area is 111 Å². The van der Waals surface area contributed by atoms with Gasteiger partial charge in [-0.05, 0) is 50.0 Å². The van der Waals surface area contributed by atoms with E-state index in [9.17, 15) is 4.79 Å². The molecule has 1 amide bonds. The van der Waals surface area contributed by atoms with E-state index >= 15 is 0 Å². The molecule has 18 heavy (non-hydrogen) atoms. The maximum atomic E-state index is 12.5. The Morgan fingerprint density at radius 1 is 1.39 bits per heavy atom. The van der Waals surface area contributed by atoms with Crippen molar-refractivity contribution in [2.45, 2.75) is 64.8 Å². The summed E-state index contributed by atoms with van der Waals surface area (Å²) in [5.41, 5.74) is 6.02. The number of carbonyl (C=O) groups is 1. The smallest absolute Gasteiger partial charge is 0.223 e. The van der Waals surface area contributed by atoms with Gasteiger partial charge in [0, 0.05) is 19.0 Å².